The van der Waals surface area contributed by atoms with Crippen LogP contribution in [0.2, 0.25) is 5.02 Å². The van der Waals surface area contributed by atoms with E-state index in [0.29, 0.717) is 21.5 Å². The van der Waals surface area contributed by atoms with Crippen molar-refractivity contribution >= 4 is 22.9 Å². The van der Waals surface area contributed by atoms with Gasteiger partial charge in [0.1, 0.15) is 10.8 Å². The highest BCUT2D eigenvalue weighted by Gasteiger charge is 2.15. The molecule has 0 spiro atoms. The van der Waals surface area contributed by atoms with Gasteiger partial charge in [0.2, 0.25) is 0 Å². The summed E-state index contributed by atoms with van der Waals surface area (Å²) in [5, 5.41) is 4.43. The highest BCUT2D eigenvalue weighted by atomic mass is 35.5. The lowest BCUT2D eigenvalue weighted by molar-refractivity contribution is 0.554. The van der Waals surface area contributed by atoms with Crippen LogP contribution in [0.4, 0.5) is 4.39 Å². The average Bonchev–Trinajstić information content (AvgIpc) is 2.70. The zero-order chi connectivity index (χ0) is 14.7. The van der Waals surface area contributed by atoms with E-state index < -0.39 is 0 Å². The van der Waals surface area contributed by atoms with Crippen LogP contribution >= 0.6 is 22.9 Å². The molecule has 0 aliphatic carbocycles. The van der Waals surface area contributed by atoms with E-state index in [4.69, 9.17) is 11.6 Å². The van der Waals surface area contributed by atoms with Gasteiger partial charge in [-0.15, -0.1) is 11.3 Å². The van der Waals surface area contributed by atoms with E-state index in [-0.39, 0.29) is 5.82 Å². The lowest BCUT2D eigenvalue weighted by Crippen LogP contribution is -2.18. The molecule has 5 heteroatoms. The Labute approximate surface area is 128 Å². The van der Waals surface area contributed by atoms with Crippen LogP contribution in [-0.4, -0.2) is 11.5 Å². The van der Waals surface area contributed by atoms with E-state index in [2.05, 4.69) is 24.1 Å². The van der Waals surface area contributed by atoms with Gasteiger partial charge in [-0.25, -0.2) is 9.37 Å². The van der Waals surface area contributed by atoms with E-state index in [1.54, 1.807) is 12.1 Å². The summed E-state index contributed by atoms with van der Waals surface area (Å²) in [5.74, 6) is 0.275. The fraction of sp³-hybridized carbons (Fsp3) is 0.400. The number of aromatic nitrogens is 1. The Kier molecular flexibility index (Phi) is 5.13. The van der Waals surface area contributed by atoms with Crippen LogP contribution in [0, 0.1) is 18.7 Å². The van der Waals surface area contributed by atoms with Crippen LogP contribution in [0.1, 0.15) is 24.4 Å². The van der Waals surface area contributed by atoms with Crippen molar-refractivity contribution in [2.45, 2.75) is 27.3 Å². The first-order valence-electron chi connectivity index (χ1n) is 6.60. The third-order valence-corrected chi connectivity index (χ3v) is 4.40. The Morgan fingerprint density at radius 3 is 2.80 bits per heavy atom. The van der Waals surface area contributed by atoms with Gasteiger partial charge in [-0.1, -0.05) is 31.5 Å². The smallest absolute Gasteiger partial charge is 0.134 e. The molecule has 1 N–H and O–H groups in total. The summed E-state index contributed by atoms with van der Waals surface area (Å²) in [5.41, 5.74) is 1.33. The minimum Gasteiger partial charge on any atom is -0.312 e. The number of hydrogen-bond donors (Lipinski definition) is 1. The fourth-order valence-electron chi connectivity index (χ4n) is 1.88. The minimum absolute atomic E-state index is 0.326. The molecule has 2 aromatic rings. The fourth-order valence-corrected chi connectivity index (χ4v) is 3.28. The van der Waals surface area contributed by atoms with Crippen molar-refractivity contribution < 1.29 is 4.39 Å². The predicted molar refractivity (Wildman–Crippen MR) is 83.8 cm³/mol. The number of halogens is 2. The van der Waals surface area contributed by atoms with E-state index in [9.17, 15) is 4.39 Å². The van der Waals surface area contributed by atoms with Crippen LogP contribution in [0.15, 0.2) is 18.2 Å². The first-order valence-corrected chi connectivity index (χ1v) is 7.80. The molecule has 108 valence electrons. The molecule has 0 bridgehead atoms. The van der Waals surface area contributed by atoms with Crippen LogP contribution in [0.5, 0.6) is 0 Å². The van der Waals surface area contributed by atoms with Gasteiger partial charge in [0.05, 0.1) is 16.3 Å². The second-order valence-electron chi connectivity index (χ2n) is 5.15. The van der Waals surface area contributed by atoms with E-state index in [1.165, 1.54) is 17.4 Å². The number of hydrogen-bond acceptors (Lipinski definition) is 3. The number of nitrogens with one attached hydrogen (secondary N) is 1. The standard InChI is InChI=1S/C15H18ClFN2S/c1-9(2)7-18-8-13-10(3)19-15(20-13)14-11(16)5-4-6-12(14)17/h4-6,9,18H,7-8H2,1-3H3. The van der Waals surface area contributed by atoms with Gasteiger partial charge >= 0.3 is 0 Å². The second kappa shape index (κ2) is 6.66. The molecule has 2 rings (SSSR count). The number of thiazole rings is 1. The molecule has 1 aromatic carbocycles. The highest BCUT2D eigenvalue weighted by Crippen LogP contribution is 2.34. The second-order valence-corrected chi connectivity index (χ2v) is 6.64. The lowest BCUT2D eigenvalue weighted by atomic mass is 10.2. The molecule has 0 atom stereocenters. The van der Waals surface area contributed by atoms with Crippen molar-refractivity contribution in [3.63, 3.8) is 0 Å². The molecule has 0 amide bonds. The SMILES string of the molecule is Cc1nc(-c2c(F)cccc2Cl)sc1CNCC(C)C. The molecular formula is C15H18ClFN2S. The van der Waals surface area contributed by atoms with Gasteiger partial charge in [0.25, 0.3) is 0 Å². The van der Waals surface area contributed by atoms with Crippen LogP contribution < -0.4 is 5.32 Å². The van der Waals surface area contributed by atoms with Crippen LogP contribution in [0.25, 0.3) is 10.6 Å². The van der Waals surface area contributed by atoms with E-state index >= 15 is 0 Å². The molecule has 20 heavy (non-hydrogen) atoms. The maximum absolute atomic E-state index is 13.9. The summed E-state index contributed by atoms with van der Waals surface area (Å²) < 4.78 is 13.9. The quantitative estimate of drug-likeness (QED) is 0.868. The monoisotopic (exact) mass is 312 g/mol. The Morgan fingerprint density at radius 2 is 2.15 bits per heavy atom. The molecule has 1 aromatic heterocycles. The summed E-state index contributed by atoms with van der Waals surface area (Å²) in [7, 11) is 0. The first kappa shape index (κ1) is 15.4. The summed E-state index contributed by atoms with van der Waals surface area (Å²) in [4.78, 5) is 5.58. The first-order chi connectivity index (χ1) is 9.49. The largest absolute Gasteiger partial charge is 0.312 e. The maximum atomic E-state index is 13.9. The van der Waals surface area contributed by atoms with Gasteiger partial charge in [0, 0.05) is 11.4 Å². The topological polar surface area (TPSA) is 24.9 Å². The van der Waals surface area contributed by atoms with Crippen molar-refractivity contribution in [3.8, 4) is 10.6 Å². The zero-order valence-corrected chi connectivity index (χ0v) is 13.4. The third-order valence-electron chi connectivity index (χ3n) is 2.91. The summed E-state index contributed by atoms with van der Waals surface area (Å²) in [6.07, 6.45) is 0. The van der Waals surface area contributed by atoms with Crippen LogP contribution in [-0.2, 0) is 6.54 Å². The van der Waals surface area contributed by atoms with Gasteiger partial charge in [-0.2, -0.15) is 0 Å². The molecule has 0 saturated carbocycles. The number of rotatable bonds is 5. The van der Waals surface area contributed by atoms with Gasteiger partial charge in [0.15, 0.2) is 0 Å². The highest BCUT2D eigenvalue weighted by molar-refractivity contribution is 7.15. The van der Waals surface area contributed by atoms with Crippen molar-refractivity contribution in [1.82, 2.24) is 10.3 Å². The maximum Gasteiger partial charge on any atom is 0.134 e. The van der Waals surface area contributed by atoms with Crippen molar-refractivity contribution in [3.05, 3.63) is 39.6 Å². The Bertz CT molecular complexity index is 575. The minimum atomic E-state index is -0.326. The summed E-state index contributed by atoms with van der Waals surface area (Å²) in [6.45, 7) is 7.98. The molecule has 1 heterocycles. The average molecular weight is 313 g/mol. The molecule has 0 unspecified atom stereocenters. The molecule has 2 nitrogen and oxygen atoms in total. The third kappa shape index (κ3) is 3.57. The van der Waals surface area contributed by atoms with Gasteiger partial charge < -0.3 is 5.32 Å². The number of benzene rings is 1. The number of aryl methyl sites for hydroxylation is 1. The molecule has 0 aliphatic rings. The van der Waals surface area contributed by atoms with Crippen molar-refractivity contribution in [1.29, 1.82) is 0 Å². The summed E-state index contributed by atoms with van der Waals surface area (Å²) in [6, 6.07) is 4.70. The van der Waals surface area contributed by atoms with Crippen molar-refractivity contribution in [2.75, 3.05) is 6.54 Å². The predicted octanol–water partition coefficient (Wildman–Crippen LogP) is 4.66. The Morgan fingerprint density at radius 1 is 1.40 bits per heavy atom. The van der Waals surface area contributed by atoms with Gasteiger partial charge in [-0.3, -0.25) is 0 Å². The van der Waals surface area contributed by atoms with Crippen molar-refractivity contribution in [2.24, 2.45) is 5.92 Å². The molecule has 0 aliphatic heterocycles. The summed E-state index contributed by atoms with van der Waals surface area (Å²) >= 11 is 7.58. The zero-order valence-electron chi connectivity index (χ0n) is 11.8. The normalized spacial score (nSPS) is 11.3. The number of nitrogens with zero attached hydrogens (tertiary/aromatic N) is 1. The van der Waals surface area contributed by atoms with E-state index in [0.717, 1.165) is 23.7 Å². The molecule has 0 fully saturated rings. The van der Waals surface area contributed by atoms with Gasteiger partial charge in [-0.05, 0) is 31.5 Å². The Balaban J connectivity index is 2.23. The molecule has 0 radical (unpaired) electrons. The lowest BCUT2D eigenvalue weighted by Gasteiger charge is -2.05. The Hall–Kier alpha value is -0.970. The molecule has 0 saturated heterocycles. The molecular weight excluding hydrogens is 295 g/mol. The van der Waals surface area contributed by atoms with Crippen LogP contribution in [0.3, 0.4) is 0 Å². The van der Waals surface area contributed by atoms with E-state index in [1.807, 2.05) is 6.92 Å².